The van der Waals surface area contributed by atoms with Crippen molar-refractivity contribution in [1.82, 2.24) is 25.5 Å². The van der Waals surface area contributed by atoms with Gasteiger partial charge in [-0.05, 0) is 36.0 Å². The summed E-state index contributed by atoms with van der Waals surface area (Å²) in [6.07, 6.45) is 2.45. The van der Waals surface area contributed by atoms with E-state index >= 15 is 0 Å². The predicted octanol–water partition coefficient (Wildman–Crippen LogP) is 1.15. The number of nitrogens with zero attached hydrogens (tertiary/aromatic N) is 4. The monoisotopic (exact) mass is 235 g/mol. The van der Waals surface area contributed by atoms with Crippen LogP contribution in [-0.2, 0) is 6.54 Å². The fourth-order valence-electron chi connectivity index (χ4n) is 1.93. The summed E-state index contributed by atoms with van der Waals surface area (Å²) in [5.41, 5.74) is 0. The molecule has 0 aromatic carbocycles. The molecule has 3 heterocycles. The predicted molar refractivity (Wildman–Crippen MR) is 62.2 cm³/mol. The Morgan fingerprint density at radius 2 is 2.56 bits per heavy atom. The fraction of sp³-hybridized carbons (Fsp3) is 0.500. The molecule has 2 aromatic heterocycles. The van der Waals surface area contributed by atoms with E-state index in [2.05, 4.69) is 20.7 Å². The minimum Gasteiger partial charge on any atom is -0.312 e. The molecule has 0 aliphatic carbocycles. The van der Waals surface area contributed by atoms with E-state index in [-0.39, 0.29) is 0 Å². The molecule has 3 rings (SSSR count). The van der Waals surface area contributed by atoms with Crippen LogP contribution < -0.4 is 5.32 Å². The third-order valence-corrected chi connectivity index (χ3v) is 3.61. The van der Waals surface area contributed by atoms with E-state index in [1.54, 1.807) is 16.1 Å². The summed E-state index contributed by atoms with van der Waals surface area (Å²) >= 11 is 1.64. The van der Waals surface area contributed by atoms with Crippen molar-refractivity contribution in [3.63, 3.8) is 0 Å². The first-order chi connectivity index (χ1) is 7.92. The Labute approximate surface area is 97.5 Å². The molecule has 1 fully saturated rings. The zero-order valence-corrected chi connectivity index (χ0v) is 9.65. The molecule has 1 aliphatic rings. The molecule has 1 aliphatic heterocycles. The van der Waals surface area contributed by atoms with Crippen LogP contribution in [0.25, 0.3) is 10.7 Å². The van der Waals surface area contributed by atoms with Gasteiger partial charge in [-0.2, -0.15) is 4.80 Å². The van der Waals surface area contributed by atoms with Crippen LogP contribution >= 0.6 is 11.3 Å². The molecule has 0 unspecified atom stereocenters. The number of hydrogen-bond donors (Lipinski definition) is 1. The summed E-state index contributed by atoms with van der Waals surface area (Å²) in [6.45, 7) is 1.93. The highest BCUT2D eigenvalue weighted by Crippen LogP contribution is 2.19. The van der Waals surface area contributed by atoms with Crippen molar-refractivity contribution >= 4 is 11.3 Å². The lowest BCUT2D eigenvalue weighted by atomic mass is 10.2. The maximum absolute atomic E-state index is 4.38. The Bertz CT molecular complexity index is 443. The molecule has 0 saturated carbocycles. The van der Waals surface area contributed by atoms with Crippen molar-refractivity contribution in [1.29, 1.82) is 0 Å². The van der Waals surface area contributed by atoms with Gasteiger partial charge in [0.2, 0.25) is 5.82 Å². The second kappa shape index (κ2) is 4.31. The topological polar surface area (TPSA) is 55.6 Å². The fourth-order valence-corrected chi connectivity index (χ4v) is 2.58. The average Bonchev–Trinajstić information content (AvgIpc) is 2.99. The van der Waals surface area contributed by atoms with Gasteiger partial charge >= 0.3 is 0 Å². The van der Waals surface area contributed by atoms with Crippen molar-refractivity contribution in [3.05, 3.63) is 17.5 Å². The standard InChI is InChI=1S/C10H13N5S/c1-3-8(11-5-1)7-15-13-10(12-14-15)9-4-2-6-16-9/h2,4,6,8,11H,1,3,5,7H2/t8-/m0/s1. The largest absolute Gasteiger partial charge is 0.312 e. The van der Waals surface area contributed by atoms with Gasteiger partial charge in [0, 0.05) is 6.04 Å². The Balaban J connectivity index is 1.72. The van der Waals surface area contributed by atoms with Crippen molar-refractivity contribution in [2.45, 2.75) is 25.4 Å². The Kier molecular flexibility index (Phi) is 2.67. The van der Waals surface area contributed by atoms with Crippen molar-refractivity contribution < 1.29 is 0 Å². The molecular formula is C10H13N5S. The van der Waals surface area contributed by atoms with Gasteiger partial charge in [0.15, 0.2) is 0 Å². The first-order valence-electron chi connectivity index (χ1n) is 5.47. The molecule has 1 saturated heterocycles. The number of aromatic nitrogens is 4. The van der Waals surface area contributed by atoms with Crippen molar-refractivity contribution in [2.24, 2.45) is 0 Å². The molecule has 5 nitrogen and oxygen atoms in total. The number of rotatable bonds is 3. The summed E-state index contributed by atoms with van der Waals surface area (Å²) in [6, 6.07) is 4.52. The minimum absolute atomic E-state index is 0.505. The summed E-state index contributed by atoms with van der Waals surface area (Å²) in [5.74, 6) is 0.730. The van der Waals surface area contributed by atoms with Crippen LogP contribution in [0.5, 0.6) is 0 Å². The maximum atomic E-state index is 4.38. The van der Waals surface area contributed by atoms with Crippen LogP contribution in [0.4, 0.5) is 0 Å². The lowest BCUT2D eigenvalue weighted by Gasteiger charge is -2.06. The van der Waals surface area contributed by atoms with E-state index in [9.17, 15) is 0 Å². The average molecular weight is 235 g/mol. The number of thiophene rings is 1. The van der Waals surface area contributed by atoms with Crippen LogP contribution in [0.3, 0.4) is 0 Å². The molecule has 1 atom stereocenters. The SMILES string of the molecule is c1csc(-c2nnn(C[C@@H]3CCCN3)n2)c1. The molecule has 16 heavy (non-hydrogen) atoms. The van der Waals surface area contributed by atoms with Gasteiger partial charge in [-0.3, -0.25) is 0 Å². The Hall–Kier alpha value is -1.27. The third kappa shape index (κ3) is 1.98. The molecule has 0 amide bonds. The molecule has 84 valence electrons. The van der Waals surface area contributed by atoms with E-state index in [0.717, 1.165) is 23.8 Å². The van der Waals surface area contributed by atoms with E-state index in [0.29, 0.717) is 6.04 Å². The minimum atomic E-state index is 0.505. The summed E-state index contributed by atoms with van der Waals surface area (Å²) in [5, 5.41) is 18.0. The van der Waals surface area contributed by atoms with Crippen molar-refractivity contribution in [3.8, 4) is 10.7 Å². The van der Waals surface area contributed by atoms with Gasteiger partial charge in [-0.15, -0.1) is 21.5 Å². The number of tetrazole rings is 1. The van der Waals surface area contributed by atoms with Gasteiger partial charge < -0.3 is 5.32 Å². The number of nitrogens with one attached hydrogen (secondary N) is 1. The lowest BCUT2D eigenvalue weighted by Crippen LogP contribution is -2.27. The maximum Gasteiger partial charge on any atom is 0.214 e. The van der Waals surface area contributed by atoms with Gasteiger partial charge in [-0.1, -0.05) is 6.07 Å². The van der Waals surface area contributed by atoms with E-state index in [1.807, 2.05) is 17.5 Å². The summed E-state index contributed by atoms with van der Waals surface area (Å²) in [4.78, 5) is 2.77. The van der Waals surface area contributed by atoms with Crippen molar-refractivity contribution in [2.75, 3.05) is 6.54 Å². The van der Waals surface area contributed by atoms with E-state index in [4.69, 9.17) is 0 Å². The van der Waals surface area contributed by atoms with Gasteiger partial charge in [0.25, 0.3) is 0 Å². The number of hydrogen-bond acceptors (Lipinski definition) is 5. The van der Waals surface area contributed by atoms with Crippen LogP contribution in [0.2, 0.25) is 0 Å². The second-order valence-electron chi connectivity index (χ2n) is 3.94. The Morgan fingerprint density at radius 1 is 1.56 bits per heavy atom. The quantitative estimate of drug-likeness (QED) is 0.867. The molecule has 2 aromatic rings. The zero-order valence-electron chi connectivity index (χ0n) is 8.83. The van der Waals surface area contributed by atoms with Gasteiger partial charge in [0.05, 0.1) is 11.4 Å². The third-order valence-electron chi connectivity index (χ3n) is 2.74. The molecular weight excluding hydrogens is 222 g/mol. The highest BCUT2D eigenvalue weighted by atomic mass is 32.1. The lowest BCUT2D eigenvalue weighted by molar-refractivity contribution is 0.429. The summed E-state index contributed by atoms with van der Waals surface area (Å²) in [7, 11) is 0. The van der Waals surface area contributed by atoms with E-state index < -0.39 is 0 Å². The van der Waals surface area contributed by atoms with Gasteiger partial charge in [-0.25, -0.2) is 0 Å². The molecule has 0 radical (unpaired) electrons. The highest BCUT2D eigenvalue weighted by Gasteiger charge is 2.16. The highest BCUT2D eigenvalue weighted by molar-refractivity contribution is 7.13. The zero-order chi connectivity index (χ0) is 10.8. The van der Waals surface area contributed by atoms with Crippen LogP contribution in [0.1, 0.15) is 12.8 Å². The Morgan fingerprint density at radius 3 is 3.31 bits per heavy atom. The molecule has 6 heteroatoms. The van der Waals surface area contributed by atoms with Gasteiger partial charge in [0.1, 0.15) is 0 Å². The molecule has 0 spiro atoms. The second-order valence-corrected chi connectivity index (χ2v) is 4.89. The molecule has 0 bridgehead atoms. The first-order valence-corrected chi connectivity index (χ1v) is 6.35. The summed E-state index contributed by atoms with van der Waals surface area (Å²) < 4.78 is 0. The normalized spacial score (nSPS) is 20.4. The first kappa shape index (κ1) is 9.92. The molecule has 1 N–H and O–H groups in total. The van der Waals surface area contributed by atoms with E-state index in [1.165, 1.54) is 12.8 Å². The van der Waals surface area contributed by atoms with Crippen LogP contribution in [0.15, 0.2) is 17.5 Å². The van der Waals surface area contributed by atoms with Crippen LogP contribution in [0, 0.1) is 0 Å². The van der Waals surface area contributed by atoms with Crippen LogP contribution in [-0.4, -0.2) is 32.8 Å². The smallest absolute Gasteiger partial charge is 0.214 e.